The molecule has 0 bridgehead atoms. The molecule has 2 rings (SSSR count). The Labute approximate surface area is 115 Å². The van der Waals surface area contributed by atoms with Crippen molar-refractivity contribution in [3.8, 4) is 0 Å². The van der Waals surface area contributed by atoms with Crippen molar-refractivity contribution in [3.63, 3.8) is 0 Å². The lowest BCUT2D eigenvalue weighted by molar-refractivity contribution is 0.107. The lowest BCUT2D eigenvalue weighted by Gasteiger charge is -2.15. The largest absolute Gasteiger partial charge is 0.382 e. The molecule has 102 valence electrons. The Morgan fingerprint density at radius 3 is 2.58 bits per heavy atom. The van der Waals surface area contributed by atoms with Gasteiger partial charge in [-0.15, -0.1) is 0 Å². The van der Waals surface area contributed by atoms with Crippen molar-refractivity contribution in [2.45, 2.75) is 38.3 Å². The van der Waals surface area contributed by atoms with Crippen molar-refractivity contribution in [2.75, 3.05) is 7.11 Å². The summed E-state index contributed by atoms with van der Waals surface area (Å²) in [5.74, 6) is 0. The zero-order valence-electron chi connectivity index (χ0n) is 11.8. The van der Waals surface area contributed by atoms with Crippen LogP contribution in [0.25, 0.3) is 10.8 Å². The maximum Gasteiger partial charge on any atom is 0.0543 e. The standard InChI is InChI=1S/C17H23NO/c1-13(19-2)10-11-16(18)12-15-8-5-7-14-6-3-4-9-17(14)15/h3-9,13,16H,10-12,18H2,1-2H3. The molecule has 2 atom stereocenters. The van der Waals surface area contributed by atoms with Crippen LogP contribution in [0.2, 0.25) is 0 Å². The summed E-state index contributed by atoms with van der Waals surface area (Å²) in [4.78, 5) is 0. The van der Waals surface area contributed by atoms with Crippen molar-refractivity contribution in [1.29, 1.82) is 0 Å². The summed E-state index contributed by atoms with van der Waals surface area (Å²) in [7, 11) is 1.75. The second-order valence-electron chi connectivity index (χ2n) is 5.23. The van der Waals surface area contributed by atoms with Crippen LogP contribution in [0.4, 0.5) is 0 Å². The summed E-state index contributed by atoms with van der Waals surface area (Å²) < 4.78 is 5.27. The molecule has 0 amide bonds. The van der Waals surface area contributed by atoms with Crippen LogP contribution in [0, 0.1) is 0 Å². The Bertz CT molecular complexity index is 518. The van der Waals surface area contributed by atoms with Gasteiger partial charge in [-0.1, -0.05) is 42.5 Å². The molecule has 0 aliphatic rings. The molecule has 2 nitrogen and oxygen atoms in total. The molecule has 2 N–H and O–H groups in total. The molecule has 0 spiro atoms. The van der Waals surface area contributed by atoms with Crippen LogP contribution in [0.5, 0.6) is 0 Å². The molecule has 2 aromatic rings. The van der Waals surface area contributed by atoms with Gasteiger partial charge in [-0.2, -0.15) is 0 Å². The Hall–Kier alpha value is -1.38. The average Bonchev–Trinajstić information content (AvgIpc) is 2.45. The van der Waals surface area contributed by atoms with E-state index in [-0.39, 0.29) is 6.04 Å². The molecule has 2 unspecified atom stereocenters. The van der Waals surface area contributed by atoms with Gasteiger partial charge in [0.2, 0.25) is 0 Å². The summed E-state index contributed by atoms with van der Waals surface area (Å²) in [6.45, 7) is 2.09. The number of rotatable bonds is 6. The van der Waals surface area contributed by atoms with Crippen molar-refractivity contribution < 1.29 is 4.74 Å². The highest BCUT2D eigenvalue weighted by molar-refractivity contribution is 5.85. The molecule has 0 saturated heterocycles. The third-order valence-corrected chi connectivity index (χ3v) is 3.71. The zero-order valence-corrected chi connectivity index (χ0v) is 11.8. The molecule has 0 fully saturated rings. The molecule has 2 heteroatoms. The first-order chi connectivity index (χ1) is 9.20. The molecule has 0 aliphatic heterocycles. The Morgan fingerprint density at radius 2 is 1.79 bits per heavy atom. The van der Waals surface area contributed by atoms with Crippen LogP contribution in [-0.2, 0) is 11.2 Å². The number of hydrogen-bond donors (Lipinski definition) is 1. The van der Waals surface area contributed by atoms with E-state index in [2.05, 4.69) is 49.4 Å². The van der Waals surface area contributed by atoms with E-state index < -0.39 is 0 Å². The number of benzene rings is 2. The van der Waals surface area contributed by atoms with Gasteiger partial charge in [-0.3, -0.25) is 0 Å². The van der Waals surface area contributed by atoms with Crippen molar-refractivity contribution in [2.24, 2.45) is 5.73 Å². The van der Waals surface area contributed by atoms with Gasteiger partial charge >= 0.3 is 0 Å². The molecule has 0 saturated carbocycles. The highest BCUT2D eigenvalue weighted by atomic mass is 16.5. The summed E-state index contributed by atoms with van der Waals surface area (Å²) in [6.07, 6.45) is 3.23. The van der Waals surface area contributed by atoms with E-state index in [1.807, 2.05) is 0 Å². The summed E-state index contributed by atoms with van der Waals surface area (Å²) >= 11 is 0. The van der Waals surface area contributed by atoms with Gasteiger partial charge in [-0.25, -0.2) is 0 Å². The fraction of sp³-hybridized carbons (Fsp3) is 0.412. The molecule has 0 aliphatic carbocycles. The fourth-order valence-electron chi connectivity index (χ4n) is 2.42. The van der Waals surface area contributed by atoms with E-state index in [0.29, 0.717) is 6.10 Å². The molecule has 0 heterocycles. The number of hydrogen-bond acceptors (Lipinski definition) is 2. The fourth-order valence-corrected chi connectivity index (χ4v) is 2.42. The van der Waals surface area contributed by atoms with E-state index in [1.165, 1.54) is 16.3 Å². The first kappa shape index (κ1) is 14.0. The van der Waals surface area contributed by atoms with Crippen LogP contribution in [0.1, 0.15) is 25.3 Å². The third-order valence-electron chi connectivity index (χ3n) is 3.71. The van der Waals surface area contributed by atoms with Gasteiger partial charge in [0.05, 0.1) is 6.10 Å². The minimum Gasteiger partial charge on any atom is -0.382 e. The number of nitrogens with two attached hydrogens (primary N) is 1. The van der Waals surface area contributed by atoms with Crippen LogP contribution in [0.15, 0.2) is 42.5 Å². The van der Waals surface area contributed by atoms with E-state index in [9.17, 15) is 0 Å². The molecular formula is C17H23NO. The van der Waals surface area contributed by atoms with Crippen molar-refractivity contribution in [1.82, 2.24) is 0 Å². The third kappa shape index (κ3) is 3.79. The van der Waals surface area contributed by atoms with Gasteiger partial charge in [0, 0.05) is 13.2 Å². The van der Waals surface area contributed by atoms with E-state index in [1.54, 1.807) is 7.11 Å². The number of methoxy groups -OCH3 is 1. The van der Waals surface area contributed by atoms with Gasteiger partial charge in [0.25, 0.3) is 0 Å². The highest BCUT2D eigenvalue weighted by Crippen LogP contribution is 2.20. The Kier molecular flexibility index (Phi) is 4.94. The lowest BCUT2D eigenvalue weighted by atomic mass is 9.96. The quantitative estimate of drug-likeness (QED) is 0.859. The maximum atomic E-state index is 6.24. The van der Waals surface area contributed by atoms with E-state index >= 15 is 0 Å². The first-order valence-electron chi connectivity index (χ1n) is 6.95. The van der Waals surface area contributed by atoms with Gasteiger partial charge in [0.1, 0.15) is 0 Å². The predicted octanol–water partition coefficient (Wildman–Crippen LogP) is 3.52. The van der Waals surface area contributed by atoms with Crippen molar-refractivity contribution in [3.05, 3.63) is 48.0 Å². The summed E-state index contributed by atoms with van der Waals surface area (Å²) in [5.41, 5.74) is 7.59. The molecule has 2 aromatic carbocycles. The average molecular weight is 257 g/mol. The smallest absolute Gasteiger partial charge is 0.0543 e. The van der Waals surface area contributed by atoms with Crippen molar-refractivity contribution >= 4 is 10.8 Å². The SMILES string of the molecule is COC(C)CCC(N)Cc1cccc2ccccc12. The highest BCUT2D eigenvalue weighted by Gasteiger charge is 2.09. The summed E-state index contributed by atoms with van der Waals surface area (Å²) in [6, 6.07) is 15.1. The molecule has 19 heavy (non-hydrogen) atoms. The van der Waals surface area contributed by atoms with Crippen LogP contribution >= 0.6 is 0 Å². The Balaban J connectivity index is 2.04. The van der Waals surface area contributed by atoms with Gasteiger partial charge in [0.15, 0.2) is 0 Å². The number of ether oxygens (including phenoxy) is 1. The van der Waals surface area contributed by atoms with Crippen LogP contribution in [-0.4, -0.2) is 19.3 Å². The van der Waals surface area contributed by atoms with E-state index in [4.69, 9.17) is 10.5 Å². The molecule has 0 aromatic heterocycles. The monoisotopic (exact) mass is 257 g/mol. The Morgan fingerprint density at radius 1 is 1.05 bits per heavy atom. The second kappa shape index (κ2) is 6.69. The number of fused-ring (bicyclic) bond motifs is 1. The minimum atomic E-state index is 0.198. The van der Waals surface area contributed by atoms with Gasteiger partial charge in [-0.05, 0) is 42.5 Å². The zero-order chi connectivity index (χ0) is 13.7. The van der Waals surface area contributed by atoms with Crippen LogP contribution in [0.3, 0.4) is 0 Å². The normalized spacial score (nSPS) is 14.5. The van der Waals surface area contributed by atoms with Gasteiger partial charge < -0.3 is 10.5 Å². The lowest BCUT2D eigenvalue weighted by Crippen LogP contribution is -2.24. The predicted molar refractivity (Wildman–Crippen MR) is 81.3 cm³/mol. The van der Waals surface area contributed by atoms with E-state index in [0.717, 1.165) is 19.3 Å². The second-order valence-corrected chi connectivity index (χ2v) is 5.23. The minimum absolute atomic E-state index is 0.198. The first-order valence-corrected chi connectivity index (χ1v) is 6.95. The maximum absolute atomic E-state index is 6.24. The summed E-state index contributed by atoms with van der Waals surface area (Å²) in [5, 5.41) is 2.61. The topological polar surface area (TPSA) is 35.2 Å². The molecule has 0 radical (unpaired) electrons. The molecular weight excluding hydrogens is 234 g/mol. The van der Waals surface area contributed by atoms with Crippen LogP contribution < -0.4 is 5.73 Å².